The second kappa shape index (κ2) is 15.0. The Bertz CT molecular complexity index is 1100. The molecule has 6 amide bonds. The van der Waals surface area contributed by atoms with Gasteiger partial charge in [-0.05, 0) is 31.1 Å². The molecule has 14 nitrogen and oxygen atoms in total. The number of carboxylic acid groups (broad SMARTS) is 1. The van der Waals surface area contributed by atoms with Crippen LogP contribution in [-0.2, 0) is 28.8 Å². The summed E-state index contributed by atoms with van der Waals surface area (Å²) in [4.78, 5) is 91.1. The average Bonchev–Trinajstić information content (AvgIpc) is 3.55. The molecule has 3 atom stereocenters. The molecule has 0 saturated carbocycles. The number of nitrogens with one attached hydrogen (secondary N) is 3. The molecule has 0 unspecified atom stereocenters. The molecule has 0 aliphatic carbocycles. The molecule has 0 bridgehead atoms. The van der Waals surface area contributed by atoms with E-state index in [0.717, 1.165) is 9.80 Å². The fourth-order valence-corrected chi connectivity index (χ4v) is 4.92. The van der Waals surface area contributed by atoms with Gasteiger partial charge in [-0.25, -0.2) is 4.79 Å². The molecule has 0 radical (unpaired) electrons. The van der Waals surface area contributed by atoms with E-state index >= 15 is 0 Å². The van der Waals surface area contributed by atoms with Crippen LogP contribution in [0, 0.1) is 11.8 Å². The number of carboxylic acids is 1. The van der Waals surface area contributed by atoms with E-state index in [-0.39, 0.29) is 32.6 Å². The van der Waals surface area contributed by atoms with Crippen molar-refractivity contribution in [2.45, 2.75) is 77.9 Å². The third-order valence-corrected chi connectivity index (χ3v) is 7.31. The van der Waals surface area contributed by atoms with Crippen molar-refractivity contribution >= 4 is 41.4 Å². The Labute approximate surface area is 248 Å². The third-order valence-electron chi connectivity index (χ3n) is 7.31. The number of amides is 6. The first-order valence-corrected chi connectivity index (χ1v) is 14.4. The summed E-state index contributed by atoms with van der Waals surface area (Å²) in [5.41, 5.74) is 0. The summed E-state index contributed by atoms with van der Waals surface area (Å²) in [7, 11) is 0. The number of halogens is 2. The molecule has 242 valence electrons. The SMILES string of the molecule is CCCNC(=O)C(F)(F)C(=O)[C@@H](NC(=O)[C@@H]1CCCN1C(=O)[C@@H](NC(=O)CN1CCN(CC(=O)O)C1=O)C(C)C)C(C)C. The van der Waals surface area contributed by atoms with Crippen LogP contribution in [-0.4, -0.2) is 125 Å². The van der Waals surface area contributed by atoms with E-state index in [1.807, 2.05) is 5.32 Å². The van der Waals surface area contributed by atoms with Crippen molar-refractivity contribution in [3.63, 3.8) is 0 Å². The Morgan fingerprint density at radius 2 is 1.51 bits per heavy atom. The number of aliphatic carboxylic acids is 1. The third kappa shape index (κ3) is 8.83. The lowest BCUT2D eigenvalue weighted by molar-refractivity contribution is -0.161. The number of alkyl halides is 2. The monoisotopic (exact) mass is 616 g/mol. The van der Waals surface area contributed by atoms with E-state index in [1.165, 1.54) is 18.7 Å². The first-order chi connectivity index (χ1) is 20.0. The normalized spacial score (nSPS) is 18.6. The van der Waals surface area contributed by atoms with Crippen LogP contribution in [0.1, 0.15) is 53.9 Å². The molecule has 2 aliphatic rings. The minimum absolute atomic E-state index is 0.0510. The van der Waals surface area contributed by atoms with Crippen molar-refractivity contribution in [3.8, 4) is 0 Å². The maximum atomic E-state index is 14.7. The van der Waals surface area contributed by atoms with Gasteiger partial charge in [0.1, 0.15) is 25.2 Å². The van der Waals surface area contributed by atoms with Gasteiger partial charge in [-0.2, -0.15) is 8.78 Å². The quantitative estimate of drug-likeness (QED) is 0.182. The highest BCUT2D eigenvalue weighted by atomic mass is 19.3. The molecule has 0 aromatic rings. The van der Waals surface area contributed by atoms with Crippen LogP contribution in [0.5, 0.6) is 0 Å². The molecule has 0 aromatic heterocycles. The van der Waals surface area contributed by atoms with Crippen molar-refractivity contribution < 1.29 is 47.4 Å². The van der Waals surface area contributed by atoms with Gasteiger partial charge in [0.2, 0.25) is 23.5 Å². The predicted octanol–water partition coefficient (Wildman–Crippen LogP) is -0.188. The number of Topliss-reactive ketones (excluding diaryl/α,β-unsaturated/α-hetero) is 1. The topological polar surface area (TPSA) is 186 Å². The van der Waals surface area contributed by atoms with Crippen LogP contribution < -0.4 is 16.0 Å². The number of ketones is 1. The van der Waals surface area contributed by atoms with Crippen molar-refractivity contribution in [1.82, 2.24) is 30.7 Å². The number of rotatable bonds is 15. The minimum Gasteiger partial charge on any atom is -0.480 e. The van der Waals surface area contributed by atoms with Gasteiger partial charge in [0.15, 0.2) is 0 Å². The Morgan fingerprint density at radius 3 is 2.05 bits per heavy atom. The molecule has 0 aromatic carbocycles. The van der Waals surface area contributed by atoms with Gasteiger partial charge in [0.05, 0.1) is 6.04 Å². The standard InChI is InChI=1S/C27H42F2N6O8/c1-6-9-30-25(42)27(28,29)22(39)20(15(2)3)32-23(40)17-8-7-10-35(17)24(41)21(16(4)5)31-18(36)13-33-11-12-34(26(33)43)14-19(37)38/h15-17,20-21H,6-14H2,1-5H3,(H,30,42)(H,31,36)(H,32,40)(H,37,38)/t17-,20-,21-/m0/s1. The van der Waals surface area contributed by atoms with Crippen molar-refractivity contribution in [1.29, 1.82) is 0 Å². The van der Waals surface area contributed by atoms with Crippen LogP contribution in [0.4, 0.5) is 13.6 Å². The molecule has 4 N–H and O–H groups in total. The molecular formula is C27H42F2N6O8. The lowest BCUT2D eigenvalue weighted by Crippen LogP contribution is -2.60. The van der Waals surface area contributed by atoms with Gasteiger partial charge in [-0.15, -0.1) is 0 Å². The summed E-state index contributed by atoms with van der Waals surface area (Å²) < 4.78 is 29.3. The lowest BCUT2D eigenvalue weighted by Gasteiger charge is -2.32. The van der Waals surface area contributed by atoms with Crippen LogP contribution in [0.15, 0.2) is 0 Å². The van der Waals surface area contributed by atoms with Crippen molar-refractivity contribution in [2.24, 2.45) is 11.8 Å². The average molecular weight is 617 g/mol. The van der Waals surface area contributed by atoms with E-state index in [9.17, 15) is 42.3 Å². The first kappa shape index (κ1) is 35.3. The van der Waals surface area contributed by atoms with Crippen LogP contribution in [0.25, 0.3) is 0 Å². The zero-order valence-electron chi connectivity index (χ0n) is 25.2. The summed E-state index contributed by atoms with van der Waals surface area (Å²) in [6.45, 7) is 7.31. The van der Waals surface area contributed by atoms with Gasteiger partial charge >= 0.3 is 17.9 Å². The molecule has 2 fully saturated rings. The maximum absolute atomic E-state index is 14.7. The minimum atomic E-state index is -4.38. The summed E-state index contributed by atoms with van der Waals surface area (Å²) in [6, 6.07) is -4.52. The van der Waals surface area contributed by atoms with Crippen LogP contribution in [0.2, 0.25) is 0 Å². The molecule has 2 rings (SSSR count). The Hall–Kier alpha value is -3.85. The molecule has 0 spiro atoms. The maximum Gasteiger partial charge on any atom is 0.383 e. The molecule has 2 saturated heterocycles. The number of nitrogens with zero attached hydrogens (tertiary/aromatic N) is 3. The number of hydrogen-bond acceptors (Lipinski definition) is 7. The van der Waals surface area contributed by atoms with E-state index in [2.05, 4.69) is 10.6 Å². The van der Waals surface area contributed by atoms with E-state index in [4.69, 9.17) is 5.11 Å². The second-order valence-corrected chi connectivity index (χ2v) is 11.4. The number of likely N-dealkylation sites (tertiary alicyclic amines) is 1. The fourth-order valence-electron chi connectivity index (χ4n) is 4.92. The summed E-state index contributed by atoms with van der Waals surface area (Å²) in [5.74, 6) is -12.4. The summed E-state index contributed by atoms with van der Waals surface area (Å²) in [5, 5.41) is 15.8. The van der Waals surface area contributed by atoms with Gasteiger partial charge in [0, 0.05) is 26.2 Å². The highest BCUT2D eigenvalue weighted by Crippen LogP contribution is 2.24. The Balaban J connectivity index is 2.11. The van der Waals surface area contributed by atoms with Gasteiger partial charge in [0.25, 0.3) is 5.91 Å². The molecule has 2 heterocycles. The highest BCUT2D eigenvalue weighted by molar-refractivity contribution is 6.10. The van der Waals surface area contributed by atoms with Crippen molar-refractivity contribution in [2.75, 3.05) is 39.3 Å². The summed E-state index contributed by atoms with van der Waals surface area (Å²) >= 11 is 0. The van der Waals surface area contributed by atoms with Crippen molar-refractivity contribution in [3.05, 3.63) is 0 Å². The fraction of sp³-hybridized carbons (Fsp3) is 0.741. The Morgan fingerprint density at radius 1 is 0.930 bits per heavy atom. The van der Waals surface area contributed by atoms with Gasteiger partial charge in [-0.1, -0.05) is 34.6 Å². The molecule has 2 aliphatic heterocycles. The van der Waals surface area contributed by atoms with E-state index in [0.29, 0.717) is 12.8 Å². The van der Waals surface area contributed by atoms with Gasteiger partial charge in [-0.3, -0.25) is 28.8 Å². The summed E-state index contributed by atoms with van der Waals surface area (Å²) in [6.07, 6.45) is 0.968. The second-order valence-electron chi connectivity index (χ2n) is 11.4. The Kier molecular flexibility index (Phi) is 12.4. The smallest absolute Gasteiger partial charge is 0.383 e. The number of hydrogen-bond donors (Lipinski definition) is 4. The predicted molar refractivity (Wildman–Crippen MR) is 148 cm³/mol. The number of urea groups is 1. The van der Waals surface area contributed by atoms with Crippen LogP contribution in [0.3, 0.4) is 0 Å². The number of carbonyl (C=O) groups excluding carboxylic acids is 6. The zero-order valence-corrected chi connectivity index (χ0v) is 25.2. The molecular weight excluding hydrogens is 574 g/mol. The lowest BCUT2D eigenvalue weighted by atomic mass is 9.94. The van der Waals surface area contributed by atoms with Crippen LogP contribution >= 0.6 is 0 Å². The van der Waals surface area contributed by atoms with Gasteiger partial charge < -0.3 is 35.8 Å². The highest BCUT2D eigenvalue weighted by Gasteiger charge is 2.51. The largest absolute Gasteiger partial charge is 0.480 e. The van der Waals surface area contributed by atoms with E-state index in [1.54, 1.807) is 20.8 Å². The first-order valence-electron chi connectivity index (χ1n) is 14.4. The molecule has 16 heteroatoms. The molecule has 43 heavy (non-hydrogen) atoms. The number of carbonyl (C=O) groups is 7. The zero-order chi connectivity index (χ0) is 32.6. The van der Waals surface area contributed by atoms with E-state index < -0.39 is 90.4 Å².